The quantitative estimate of drug-likeness (QED) is 0.421. The smallest absolute Gasteiger partial charge is 0.191 e. The zero-order chi connectivity index (χ0) is 13.4. The first-order chi connectivity index (χ1) is 8.69. The van der Waals surface area contributed by atoms with Crippen molar-refractivity contribution in [2.24, 2.45) is 10.9 Å². The maximum Gasteiger partial charge on any atom is 0.191 e. The maximum atomic E-state index is 4.26. The molecule has 114 valence electrons. The highest BCUT2D eigenvalue weighted by atomic mass is 127. The number of hydrogen-bond acceptors (Lipinski definition) is 2. The van der Waals surface area contributed by atoms with Crippen LogP contribution >= 0.6 is 24.0 Å². The summed E-state index contributed by atoms with van der Waals surface area (Å²) in [6, 6.07) is 0.618. The van der Waals surface area contributed by atoms with Crippen molar-refractivity contribution in [3.8, 4) is 0 Å². The Labute approximate surface area is 135 Å². The van der Waals surface area contributed by atoms with Crippen LogP contribution in [0.25, 0.3) is 0 Å². The standard InChI is InChI=1S/C14H30N4.HI/c1-5-8-16-14(15-4)17-11-13(12(2)3)18-9-6-7-10-18;/h12-13H,5-11H2,1-4H3,(H2,15,16,17);1H. The van der Waals surface area contributed by atoms with E-state index >= 15 is 0 Å². The largest absolute Gasteiger partial charge is 0.356 e. The number of nitrogens with one attached hydrogen (secondary N) is 2. The van der Waals surface area contributed by atoms with E-state index in [2.05, 4.69) is 41.3 Å². The molecule has 1 heterocycles. The van der Waals surface area contributed by atoms with Gasteiger partial charge >= 0.3 is 0 Å². The average Bonchev–Trinajstić information content (AvgIpc) is 2.86. The summed E-state index contributed by atoms with van der Waals surface area (Å²) >= 11 is 0. The van der Waals surface area contributed by atoms with Gasteiger partial charge in [0, 0.05) is 26.2 Å². The van der Waals surface area contributed by atoms with Gasteiger partial charge in [0.25, 0.3) is 0 Å². The van der Waals surface area contributed by atoms with Crippen molar-refractivity contribution < 1.29 is 0 Å². The highest BCUT2D eigenvalue weighted by molar-refractivity contribution is 14.0. The molecule has 0 aromatic carbocycles. The highest BCUT2D eigenvalue weighted by Crippen LogP contribution is 2.16. The van der Waals surface area contributed by atoms with E-state index in [1.165, 1.54) is 25.9 Å². The first-order valence-electron chi connectivity index (χ1n) is 7.37. The molecule has 1 saturated heterocycles. The van der Waals surface area contributed by atoms with Gasteiger partial charge in [-0.25, -0.2) is 0 Å². The van der Waals surface area contributed by atoms with E-state index in [9.17, 15) is 0 Å². The lowest BCUT2D eigenvalue weighted by molar-refractivity contribution is 0.192. The van der Waals surface area contributed by atoms with Crippen LogP contribution in [0.3, 0.4) is 0 Å². The molecule has 0 aromatic rings. The molecule has 1 aliphatic rings. The summed E-state index contributed by atoms with van der Waals surface area (Å²) in [6.45, 7) is 11.3. The molecule has 1 aliphatic heterocycles. The summed E-state index contributed by atoms with van der Waals surface area (Å²) < 4.78 is 0. The Morgan fingerprint density at radius 1 is 1.21 bits per heavy atom. The fraction of sp³-hybridized carbons (Fsp3) is 0.929. The summed E-state index contributed by atoms with van der Waals surface area (Å²) in [5.74, 6) is 1.61. The van der Waals surface area contributed by atoms with Gasteiger partial charge in [-0.05, 0) is 38.3 Å². The number of likely N-dealkylation sites (tertiary alicyclic amines) is 1. The van der Waals surface area contributed by atoms with E-state index in [0.29, 0.717) is 12.0 Å². The van der Waals surface area contributed by atoms with E-state index in [4.69, 9.17) is 0 Å². The molecule has 0 spiro atoms. The van der Waals surface area contributed by atoms with Gasteiger partial charge in [-0.15, -0.1) is 24.0 Å². The van der Waals surface area contributed by atoms with Crippen molar-refractivity contribution >= 4 is 29.9 Å². The Balaban J connectivity index is 0.00000324. The van der Waals surface area contributed by atoms with E-state index in [-0.39, 0.29) is 24.0 Å². The van der Waals surface area contributed by atoms with Gasteiger partial charge in [0.1, 0.15) is 0 Å². The van der Waals surface area contributed by atoms with Gasteiger partial charge in [-0.3, -0.25) is 9.89 Å². The second-order valence-electron chi connectivity index (χ2n) is 5.43. The van der Waals surface area contributed by atoms with Gasteiger partial charge < -0.3 is 10.6 Å². The second kappa shape index (κ2) is 10.7. The van der Waals surface area contributed by atoms with Crippen LogP contribution in [0.15, 0.2) is 4.99 Å². The predicted octanol–water partition coefficient (Wildman–Crippen LogP) is 2.30. The molecule has 0 aromatic heterocycles. The van der Waals surface area contributed by atoms with Gasteiger partial charge in [-0.2, -0.15) is 0 Å². The highest BCUT2D eigenvalue weighted by Gasteiger charge is 2.24. The van der Waals surface area contributed by atoms with Gasteiger partial charge in [0.2, 0.25) is 0 Å². The topological polar surface area (TPSA) is 39.7 Å². The fourth-order valence-corrected chi connectivity index (χ4v) is 2.52. The number of rotatable bonds is 6. The molecule has 4 nitrogen and oxygen atoms in total. The predicted molar refractivity (Wildman–Crippen MR) is 94.5 cm³/mol. The van der Waals surface area contributed by atoms with Crippen LogP contribution in [-0.2, 0) is 0 Å². The van der Waals surface area contributed by atoms with E-state index in [1.54, 1.807) is 0 Å². The summed E-state index contributed by atoms with van der Waals surface area (Å²) in [6.07, 6.45) is 3.83. The maximum absolute atomic E-state index is 4.26. The molecule has 0 radical (unpaired) electrons. The Hall–Kier alpha value is -0.0400. The molecule has 1 fully saturated rings. The Morgan fingerprint density at radius 3 is 2.32 bits per heavy atom. The van der Waals surface area contributed by atoms with Crippen molar-refractivity contribution in [3.63, 3.8) is 0 Å². The Bertz CT molecular complexity index is 250. The van der Waals surface area contributed by atoms with Crippen molar-refractivity contribution in [3.05, 3.63) is 0 Å². The zero-order valence-corrected chi connectivity index (χ0v) is 15.2. The molecule has 0 saturated carbocycles. The van der Waals surface area contributed by atoms with Crippen molar-refractivity contribution in [1.29, 1.82) is 0 Å². The molecule has 0 bridgehead atoms. The Morgan fingerprint density at radius 2 is 1.84 bits per heavy atom. The summed E-state index contributed by atoms with van der Waals surface area (Å²) in [5.41, 5.74) is 0. The van der Waals surface area contributed by atoms with E-state index < -0.39 is 0 Å². The molecule has 0 amide bonds. The molecule has 1 atom stereocenters. The molecule has 2 N–H and O–H groups in total. The molecule has 1 rings (SSSR count). The van der Waals surface area contributed by atoms with Crippen LogP contribution in [0.2, 0.25) is 0 Å². The second-order valence-corrected chi connectivity index (χ2v) is 5.43. The number of aliphatic imine (C=N–C) groups is 1. The van der Waals surface area contributed by atoms with Crippen LogP contribution in [-0.4, -0.2) is 50.1 Å². The van der Waals surface area contributed by atoms with Crippen molar-refractivity contribution in [1.82, 2.24) is 15.5 Å². The van der Waals surface area contributed by atoms with Crippen LogP contribution in [0.4, 0.5) is 0 Å². The summed E-state index contributed by atoms with van der Waals surface area (Å²) in [7, 11) is 1.84. The number of halogens is 1. The molecule has 5 heteroatoms. The van der Waals surface area contributed by atoms with Crippen molar-refractivity contribution in [2.45, 2.75) is 46.1 Å². The normalized spacial score (nSPS) is 18.3. The van der Waals surface area contributed by atoms with Crippen LogP contribution in [0.1, 0.15) is 40.0 Å². The third-order valence-corrected chi connectivity index (χ3v) is 3.62. The number of guanidine groups is 1. The average molecular weight is 382 g/mol. The molecule has 19 heavy (non-hydrogen) atoms. The summed E-state index contributed by atoms with van der Waals surface area (Å²) in [4.78, 5) is 6.88. The van der Waals surface area contributed by atoms with Gasteiger partial charge in [-0.1, -0.05) is 20.8 Å². The minimum atomic E-state index is 0. The lowest BCUT2D eigenvalue weighted by atomic mass is 10.0. The lowest BCUT2D eigenvalue weighted by Crippen LogP contribution is -2.48. The molecule has 1 unspecified atom stereocenters. The number of hydrogen-bond donors (Lipinski definition) is 2. The lowest BCUT2D eigenvalue weighted by Gasteiger charge is -2.31. The van der Waals surface area contributed by atoms with Crippen LogP contribution in [0, 0.1) is 5.92 Å². The first kappa shape index (κ1) is 19.0. The monoisotopic (exact) mass is 382 g/mol. The third kappa shape index (κ3) is 6.79. The Kier molecular flexibility index (Phi) is 10.7. The fourth-order valence-electron chi connectivity index (χ4n) is 2.52. The number of nitrogens with zero attached hydrogens (tertiary/aromatic N) is 2. The molecular formula is C14H31IN4. The summed E-state index contributed by atoms with van der Waals surface area (Å²) in [5, 5.41) is 6.78. The first-order valence-corrected chi connectivity index (χ1v) is 7.37. The SMILES string of the molecule is CCCNC(=NC)NCC(C(C)C)N1CCCC1.I. The van der Waals surface area contributed by atoms with Gasteiger partial charge in [0.05, 0.1) is 0 Å². The zero-order valence-electron chi connectivity index (χ0n) is 12.9. The van der Waals surface area contributed by atoms with E-state index in [1.807, 2.05) is 7.05 Å². The van der Waals surface area contributed by atoms with Crippen molar-refractivity contribution in [2.75, 3.05) is 33.2 Å². The van der Waals surface area contributed by atoms with Gasteiger partial charge in [0.15, 0.2) is 5.96 Å². The minimum absolute atomic E-state index is 0. The third-order valence-electron chi connectivity index (χ3n) is 3.62. The molecule has 0 aliphatic carbocycles. The minimum Gasteiger partial charge on any atom is -0.356 e. The van der Waals surface area contributed by atoms with Crippen LogP contribution < -0.4 is 10.6 Å². The molecular weight excluding hydrogens is 351 g/mol. The van der Waals surface area contributed by atoms with Crippen LogP contribution in [0.5, 0.6) is 0 Å². The van der Waals surface area contributed by atoms with E-state index in [0.717, 1.165) is 25.5 Å².